The summed E-state index contributed by atoms with van der Waals surface area (Å²) in [5, 5.41) is 6.33. The molecule has 0 aromatic heterocycles. The first-order chi connectivity index (χ1) is 8.40. The van der Waals surface area contributed by atoms with Crippen LogP contribution in [-0.4, -0.2) is 36.0 Å². The second kappa shape index (κ2) is 8.81. The fourth-order valence-corrected chi connectivity index (χ4v) is 2.56. The van der Waals surface area contributed by atoms with E-state index >= 15 is 0 Å². The molecule has 0 spiro atoms. The molecule has 0 bridgehead atoms. The Balaban J connectivity index is 4.15. The maximum absolute atomic E-state index is 11.8. The van der Waals surface area contributed by atoms with Crippen LogP contribution in [0.5, 0.6) is 0 Å². The zero-order valence-corrected chi connectivity index (χ0v) is 13.6. The van der Waals surface area contributed by atoms with Crippen molar-refractivity contribution in [2.45, 2.75) is 58.2 Å². The molecule has 0 aromatic rings. The van der Waals surface area contributed by atoms with E-state index in [1.807, 2.05) is 18.7 Å². The first-order valence-electron chi connectivity index (χ1n) is 6.97. The molecule has 0 aliphatic heterocycles. The molecule has 0 radical (unpaired) electrons. The Hall–Kier alpha value is -0.220. The van der Waals surface area contributed by atoms with Gasteiger partial charge < -0.3 is 10.6 Å². The van der Waals surface area contributed by atoms with Gasteiger partial charge in [-0.15, -0.1) is 0 Å². The number of thioether (sulfide) groups is 1. The number of rotatable bonds is 9. The van der Waals surface area contributed by atoms with E-state index in [1.165, 1.54) is 0 Å². The highest BCUT2D eigenvalue weighted by Crippen LogP contribution is 2.29. The fraction of sp³-hybridized carbons (Fsp3) is 0.929. The molecule has 0 saturated heterocycles. The van der Waals surface area contributed by atoms with Gasteiger partial charge in [-0.1, -0.05) is 27.7 Å². The third-order valence-corrected chi connectivity index (χ3v) is 5.12. The normalized spacial score (nSPS) is 13.7. The van der Waals surface area contributed by atoms with Crippen molar-refractivity contribution in [3.63, 3.8) is 0 Å². The summed E-state index contributed by atoms with van der Waals surface area (Å²) in [7, 11) is 0. The van der Waals surface area contributed by atoms with Crippen molar-refractivity contribution in [2.75, 3.05) is 19.3 Å². The highest BCUT2D eigenvalue weighted by Gasteiger charge is 2.26. The van der Waals surface area contributed by atoms with Gasteiger partial charge in [0, 0.05) is 17.8 Å². The van der Waals surface area contributed by atoms with Crippen LogP contribution in [0.3, 0.4) is 0 Å². The van der Waals surface area contributed by atoms with Crippen molar-refractivity contribution in [2.24, 2.45) is 5.92 Å². The molecule has 2 N–H and O–H groups in total. The summed E-state index contributed by atoms with van der Waals surface area (Å²) in [5.41, 5.74) is 0. The van der Waals surface area contributed by atoms with Crippen LogP contribution in [0.15, 0.2) is 0 Å². The Bertz CT molecular complexity index is 232. The van der Waals surface area contributed by atoms with Crippen molar-refractivity contribution in [1.82, 2.24) is 10.6 Å². The minimum Gasteiger partial charge on any atom is -0.354 e. The third kappa shape index (κ3) is 6.10. The number of carbonyl (C=O) groups excluding carboxylic acids is 1. The lowest BCUT2D eigenvalue weighted by atomic mass is 10.0. The van der Waals surface area contributed by atoms with Gasteiger partial charge in [0.1, 0.15) is 0 Å². The van der Waals surface area contributed by atoms with Crippen LogP contribution in [0.1, 0.15) is 47.5 Å². The summed E-state index contributed by atoms with van der Waals surface area (Å²) >= 11 is 1.90. The van der Waals surface area contributed by atoms with Gasteiger partial charge in [0.15, 0.2) is 0 Å². The summed E-state index contributed by atoms with van der Waals surface area (Å²) in [5.74, 6) is 0.601. The van der Waals surface area contributed by atoms with Gasteiger partial charge in [-0.2, -0.15) is 11.8 Å². The SMILES string of the molecule is CCC(CC)(CNC(C)C(=O)NCC(C)C)SC. The molecule has 0 heterocycles. The van der Waals surface area contributed by atoms with Gasteiger partial charge in [-0.25, -0.2) is 0 Å². The zero-order valence-electron chi connectivity index (χ0n) is 12.8. The van der Waals surface area contributed by atoms with Crippen LogP contribution in [0.25, 0.3) is 0 Å². The van der Waals surface area contributed by atoms with E-state index in [9.17, 15) is 4.79 Å². The minimum absolute atomic E-state index is 0.103. The Morgan fingerprint density at radius 2 is 1.78 bits per heavy atom. The largest absolute Gasteiger partial charge is 0.354 e. The topological polar surface area (TPSA) is 41.1 Å². The Morgan fingerprint density at radius 1 is 1.22 bits per heavy atom. The minimum atomic E-state index is -0.117. The predicted molar refractivity (Wildman–Crippen MR) is 82.1 cm³/mol. The van der Waals surface area contributed by atoms with Gasteiger partial charge in [0.2, 0.25) is 5.91 Å². The van der Waals surface area contributed by atoms with E-state index in [4.69, 9.17) is 0 Å². The van der Waals surface area contributed by atoms with Crippen LogP contribution < -0.4 is 10.6 Å². The molecule has 0 fully saturated rings. The van der Waals surface area contributed by atoms with E-state index in [0.29, 0.717) is 5.92 Å². The lowest BCUT2D eigenvalue weighted by molar-refractivity contribution is -0.122. The van der Waals surface area contributed by atoms with Gasteiger partial charge >= 0.3 is 0 Å². The first-order valence-corrected chi connectivity index (χ1v) is 8.19. The van der Waals surface area contributed by atoms with Crippen molar-refractivity contribution in [3.05, 3.63) is 0 Å². The van der Waals surface area contributed by atoms with Crippen molar-refractivity contribution < 1.29 is 4.79 Å². The summed E-state index contributed by atoms with van der Waals surface area (Å²) in [6.45, 7) is 12.2. The summed E-state index contributed by atoms with van der Waals surface area (Å²) < 4.78 is 0.257. The number of carbonyl (C=O) groups is 1. The number of nitrogens with one attached hydrogen (secondary N) is 2. The number of amides is 1. The Kier molecular flexibility index (Phi) is 8.70. The summed E-state index contributed by atoms with van der Waals surface area (Å²) in [6.07, 6.45) is 4.40. The fourth-order valence-electron chi connectivity index (χ4n) is 1.75. The molecule has 0 aliphatic carbocycles. The molecular weight excluding hydrogens is 244 g/mol. The highest BCUT2D eigenvalue weighted by molar-refractivity contribution is 8.00. The molecule has 0 rings (SSSR count). The van der Waals surface area contributed by atoms with Gasteiger partial charge in [0.25, 0.3) is 0 Å². The van der Waals surface area contributed by atoms with E-state index < -0.39 is 0 Å². The first kappa shape index (κ1) is 17.8. The molecule has 1 atom stereocenters. The Labute approximate surface area is 117 Å². The smallest absolute Gasteiger partial charge is 0.236 e. The van der Waals surface area contributed by atoms with Crippen LogP contribution >= 0.6 is 11.8 Å². The second-order valence-corrected chi connectivity index (χ2v) is 6.61. The van der Waals surface area contributed by atoms with E-state index in [-0.39, 0.29) is 16.7 Å². The Morgan fingerprint density at radius 3 is 2.17 bits per heavy atom. The molecule has 0 aliphatic rings. The second-order valence-electron chi connectivity index (χ2n) is 5.34. The molecule has 18 heavy (non-hydrogen) atoms. The van der Waals surface area contributed by atoms with Gasteiger partial charge in [-0.05, 0) is 31.9 Å². The highest BCUT2D eigenvalue weighted by atomic mass is 32.2. The van der Waals surface area contributed by atoms with Crippen molar-refractivity contribution in [1.29, 1.82) is 0 Å². The monoisotopic (exact) mass is 274 g/mol. The lowest BCUT2D eigenvalue weighted by Gasteiger charge is -2.31. The van der Waals surface area contributed by atoms with E-state index in [0.717, 1.165) is 25.9 Å². The van der Waals surface area contributed by atoms with Gasteiger partial charge in [-0.3, -0.25) is 4.79 Å². The van der Waals surface area contributed by atoms with Crippen LogP contribution in [0.4, 0.5) is 0 Å². The van der Waals surface area contributed by atoms with Crippen molar-refractivity contribution in [3.8, 4) is 0 Å². The lowest BCUT2D eigenvalue weighted by Crippen LogP contribution is -2.48. The van der Waals surface area contributed by atoms with E-state index in [2.05, 4.69) is 44.6 Å². The number of hydrogen-bond donors (Lipinski definition) is 2. The standard InChI is InChI=1S/C14H30N2OS/c1-7-14(8-2,18-6)10-16-12(5)13(17)15-9-11(3)4/h11-12,16H,7-10H2,1-6H3,(H,15,17). The maximum Gasteiger partial charge on any atom is 0.236 e. The third-order valence-electron chi connectivity index (χ3n) is 3.53. The maximum atomic E-state index is 11.8. The summed E-state index contributed by atoms with van der Waals surface area (Å²) in [4.78, 5) is 11.8. The number of hydrogen-bond acceptors (Lipinski definition) is 3. The zero-order chi connectivity index (χ0) is 14.2. The average Bonchev–Trinajstić information content (AvgIpc) is 2.37. The molecule has 3 nitrogen and oxygen atoms in total. The molecule has 0 saturated carbocycles. The van der Waals surface area contributed by atoms with Crippen molar-refractivity contribution >= 4 is 17.7 Å². The molecule has 0 aromatic carbocycles. The summed E-state index contributed by atoms with van der Waals surface area (Å²) in [6, 6.07) is -0.117. The molecule has 1 unspecified atom stereocenters. The predicted octanol–water partition coefficient (Wildman–Crippen LogP) is 2.66. The van der Waals surface area contributed by atoms with E-state index in [1.54, 1.807) is 0 Å². The molecular formula is C14H30N2OS. The van der Waals surface area contributed by atoms with Crippen LogP contribution in [-0.2, 0) is 4.79 Å². The van der Waals surface area contributed by atoms with Crippen LogP contribution in [0.2, 0.25) is 0 Å². The van der Waals surface area contributed by atoms with Gasteiger partial charge in [0.05, 0.1) is 6.04 Å². The molecule has 1 amide bonds. The molecule has 108 valence electrons. The average molecular weight is 274 g/mol. The quantitative estimate of drug-likeness (QED) is 0.679. The molecule has 4 heteroatoms. The van der Waals surface area contributed by atoms with Crippen LogP contribution in [0, 0.1) is 5.92 Å².